The van der Waals surface area contributed by atoms with Crippen LogP contribution in [0.2, 0.25) is 0 Å². The summed E-state index contributed by atoms with van der Waals surface area (Å²) < 4.78 is 12.8. The van der Waals surface area contributed by atoms with Crippen molar-refractivity contribution in [3.05, 3.63) is 12.4 Å². The Bertz CT molecular complexity index is 495. The molecule has 118 valence electrons. The molecule has 7 heteroatoms. The van der Waals surface area contributed by atoms with E-state index >= 15 is 0 Å². The first kappa shape index (κ1) is 15.6. The van der Waals surface area contributed by atoms with E-state index in [1.165, 1.54) is 4.90 Å². The van der Waals surface area contributed by atoms with Crippen molar-refractivity contribution in [1.82, 2.24) is 14.7 Å². The molecular formula is C14H23N3O4. The van der Waals surface area contributed by atoms with E-state index in [1.807, 2.05) is 27.8 Å². The first-order valence-corrected chi connectivity index (χ1v) is 7.04. The summed E-state index contributed by atoms with van der Waals surface area (Å²) in [6.45, 7) is 5.75. The van der Waals surface area contributed by atoms with Crippen molar-refractivity contribution in [2.75, 3.05) is 13.2 Å². The van der Waals surface area contributed by atoms with Gasteiger partial charge >= 0.3 is 6.09 Å². The topological polar surface area (TPSA) is 76.8 Å². The molecule has 1 aromatic heterocycles. The summed E-state index contributed by atoms with van der Waals surface area (Å²) in [5, 5.41) is 13.5. The van der Waals surface area contributed by atoms with Crippen molar-refractivity contribution >= 4 is 6.09 Å². The number of hydrogen-bond acceptors (Lipinski definition) is 5. The smallest absolute Gasteiger partial charge is 0.410 e. The van der Waals surface area contributed by atoms with Gasteiger partial charge in [-0.25, -0.2) is 4.79 Å². The van der Waals surface area contributed by atoms with Gasteiger partial charge in [-0.1, -0.05) is 0 Å². The molecule has 0 radical (unpaired) electrons. The van der Waals surface area contributed by atoms with E-state index < -0.39 is 11.7 Å². The zero-order valence-electron chi connectivity index (χ0n) is 12.9. The number of aryl methyl sites for hydroxylation is 1. The number of likely N-dealkylation sites (tertiary alicyclic amines) is 1. The molecule has 0 spiro atoms. The fourth-order valence-corrected chi connectivity index (χ4v) is 2.33. The van der Waals surface area contributed by atoms with Crippen molar-refractivity contribution in [2.24, 2.45) is 7.05 Å². The standard InChI is InChI=1S/C14H23N3O4/c1-14(2,3)21-13(19)17-8-11(5-10(17)9-18)20-12-6-15-16(4)7-12/h6-7,10-11,18H,5,8-9H2,1-4H3/t10-,11+/m0/s1. The number of rotatable bonds is 3. The molecule has 1 N–H and O–H groups in total. The first-order valence-electron chi connectivity index (χ1n) is 7.04. The van der Waals surface area contributed by atoms with E-state index in [2.05, 4.69) is 5.10 Å². The summed E-state index contributed by atoms with van der Waals surface area (Å²) in [6.07, 6.45) is 3.39. The monoisotopic (exact) mass is 297 g/mol. The van der Waals surface area contributed by atoms with Crippen LogP contribution in [0.5, 0.6) is 5.75 Å². The van der Waals surface area contributed by atoms with E-state index in [4.69, 9.17) is 9.47 Å². The number of nitrogens with zero attached hydrogens (tertiary/aromatic N) is 3. The Balaban J connectivity index is 1.98. The summed E-state index contributed by atoms with van der Waals surface area (Å²) in [5.74, 6) is 0.658. The Morgan fingerprint density at radius 2 is 2.24 bits per heavy atom. The van der Waals surface area contributed by atoms with E-state index in [-0.39, 0.29) is 18.8 Å². The van der Waals surface area contributed by atoms with Crippen molar-refractivity contribution in [2.45, 2.75) is 44.9 Å². The second kappa shape index (κ2) is 5.93. The van der Waals surface area contributed by atoms with Gasteiger partial charge in [-0.15, -0.1) is 0 Å². The quantitative estimate of drug-likeness (QED) is 0.906. The third-order valence-electron chi connectivity index (χ3n) is 3.20. The third-order valence-corrected chi connectivity index (χ3v) is 3.20. The fourth-order valence-electron chi connectivity index (χ4n) is 2.33. The predicted octanol–water partition coefficient (Wildman–Crippen LogP) is 1.17. The average Bonchev–Trinajstić information content (AvgIpc) is 2.94. The number of carbonyl (C=O) groups excluding carboxylic acids is 1. The highest BCUT2D eigenvalue weighted by Gasteiger charge is 2.38. The molecule has 0 aliphatic carbocycles. The molecule has 21 heavy (non-hydrogen) atoms. The minimum Gasteiger partial charge on any atom is -0.485 e. The molecule has 1 fully saturated rings. The molecule has 1 aliphatic heterocycles. The lowest BCUT2D eigenvalue weighted by atomic mass is 10.2. The highest BCUT2D eigenvalue weighted by molar-refractivity contribution is 5.69. The molecule has 0 saturated carbocycles. The van der Waals surface area contributed by atoms with Gasteiger partial charge in [0.05, 0.1) is 31.6 Å². The van der Waals surface area contributed by atoms with Crippen LogP contribution in [0.25, 0.3) is 0 Å². The van der Waals surface area contributed by atoms with E-state index in [1.54, 1.807) is 17.1 Å². The van der Waals surface area contributed by atoms with Gasteiger partial charge in [-0.2, -0.15) is 5.10 Å². The Hall–Kier alpha value is -1.76. The van der Waals surface area contributed by atoms with E-state index in [0.29, 0.717) is 18.7 Å². The van der Waals surface area contributed by atoms with Crippen molar-refractivity contribution < 1.29 is 19.4 Å². The maximum atomic E-state index is 12.2. The van der Waals surface area contributed by atoms with Crippen LogP contribution in [0.3, 0.4) is 0 Å². The van der Waals surface area contributed by atoms with Crippen molar-refractivity contribution in [1.29, 1.82) is 0 Å². The number of carbonyl (C=O) groups is 1. The van der Waals surface area contributed by atoms with Crippen LogP contribution in [-0.4, -0.2) is 56.8 Å². The van der Waals surface area contributed by atoms with Gasteiger partial charge in [-0.05, 0) is 20.8 Å². The van der Waals surface area contributed by atoms with Crippen LogP contribution in [-0.2, 0) is 11.8 Å². The number of aromatic nitrogens is 2. The van der Waals surface area contributed by atoms with Gasteiger partial charge < -0.3 is 14.6 Å². The fraction of sp³-hybridized carbons (Fsp3) is 0.714. The molecule has 2 rings (SSSR count). The molecule has 0 aromatic carbocycles. The Morgan fingerprint density at radius 1 is 1.52 bits per heavy atom. The summed E-state index contributed by atoms with van der Waals surface area (Å²) >= 11 is 0. The Labute approximate surface area is 124 Å². The van der Waals surface area contributed by atoms with Gasteiger partial charge in [-0.3, -0.25) is 9.58 Å². The molecule has 2 heterocycles. The van der Waals surface area contributed by atoms with Crippen LogP contribution in [0.1, 0.15) is 27.2 Å². The lowest BCUT2D eigenvalue weighted by molar-refractivity contribution is 0.0165. The largest absolute Gasteiger partial charge is 0.485 e. The molecule has 1 aromatic rings. The lowest BCUT2D eigenvalue weighted by Crippen LogP contribution is -2.41. The minimum atomic E-state index is -0.556. The second-order valence-corrected chi connectivity index (χ2v) is 6.29. The van der Waals surface area contributed by atoms with Crippen LogP contribution in [0.15, 0.2) is 12.4 Å². The summed E-state index contributed by atoms with van der Waals surface area (Å²) in [4.78, 5) is 13.7. The lowest BCUT2D eigenvalue weighted by Gasteiger charge is -2.27. The zero-order valence-corrected chi connectivity index (χ0v) is 12.9. The number of aliphatic hydroxyl groups is 1. The molecular weight excluding hydrogens is 274 g/mol. The normalized spacial score (nSPS) is 22.4. The van der Waals surface area contributed by atoms with Crippen LogP contribution in [0.4, 0.5) is 4.79 Å². The Morgan fingerprint density at radius 3 is 2.76 bits per heavy atom. The number of ether oxygens (including phenoxy) is 2. The molecule has 0 bridgehead atoms. The second-order valence-electron chi connectivity index (χ2n) is 6.29. The highest BCUT2D eigenvalue weighted by atomic mass is 16.6. The number of amides is 1. The van der Waals surface area contributed by atoms with Gasteiger partial charge in [0.15, 0.2) is 5.75 Å². The average molecular weight is 297 g/mol. The molecule has 1 saturated heterocycles. The Kier molecular flexibility index (Phi) is 4.41. The molecule has 7 nitrogen and oxygen atoms in total. The third kappa shape index (κ3) is 4.10. The van der Waals surface area contributed by atoms with Gasteiger partial charge in [0.1, 0.15) is 11.7 Å². The van der Waals surface area contributed by atoms with E-state index in [0.717, 1.165) is 0 Å². The van der Waals surface area contributed by atoms with E-state index in [9.17, 15) is 9.90 Å². The van der Waals surface area contributed by atoms with Crippen molar-refractivity contribution in [3.8, 4) is 5.75 Å². The molecule has 1 aliphatic rings. The maximum Gasteiger partial charge on any atom is 0.410 e. The van der Waals surface area contributed by atoms with Crippen LogP contribution in [0, 0.1) is 0 Å². The number of aliphatic hydroxyl groups excluding tert-OH is 1. The van der Waals surface area contributed by atoms with Crippen LogP contribution < -0.4 is 4.74 Å². The van der Waals surface area contributed by atoms with Gasteiger partial charge in [0.2, 0.25) is 0 Å². The molecule has 0 unspecified atom stereocenters. The number of hydrogen-bond donors (Lipinski definition) is 1. The molecule has 2 atom stereocenters. The van der Waals surface area contributed by atoms with Gasteiger partial charge in [0, 0.05) is 13.5 Å². The summed E-state index contributed by atoms with van der Waals surface area (Å²) in [5.41, 5.74) is -0.556. The SMILES string of the molecule is Cn1cc(O[C@@H]2C[C@@H](CO)N(C(=O)OC(C)(C)C)C2)cn1. The predicted molar refractivity (Wildman–Crippen MR) is 76.1 cm³/mol. The highest BCUT2D eigenvalue weighted by Crippen LogP contribution is 2.24. The summed E-state index contributed by atoms with van der Waals surface area (Å²) in [7, 11) is 1.81. The summed E-state index contributed by atoms with van der Waals surface area (Å²) in [6, 6.07) is -0.276. The zero-order chi connectivity index (χ0) is 15.6. The van der Waals surface area contributed by atoms with Crippen molar-refractivity contribution in [3.63, 3.8) is 0 Å². The first-order chi connectivity index (χ1) is 9.78. The maximum absolute atomic E-state index is 12.2. The molecule has 1 amide bonds. The van der Waals surface area contributed by atoms with Gasteiger partial charge in [0.25, 0.3) is 0 Å². The minimum absolute atomic E-state index is 0.105. The van der Waals surface area contributed by atoms with Crippen LogP contribution >= 0.6 is 0 Å².